The van der Waals surface area contributed by atoms with E-state index in [0.29, 0.717) is 21.8 Å². The van der Waals surface area contributed by atoms with Crippen molar-refractivity contribution in [2.75, 3.05) is 5.75 Å². The summed E-state index contributed by atoms with van der Waals surface area (Å²) in [4.78, 5) is 21.6. The van der Waals surface area contributed by atoms with Crippen LogP contribution in [0.4, 0.5) is 0 Å². The molecule has 0 saturated heterocycles. The monoisotopic (exact) mass is 337 g/mol. The molecule has 0 spiro atoms. The fraction of sp³-hybridized carbons (Fsp3) is 0.176. The molecular formula is C17H15N5OS. The van der Waals surface area contributed by atoms with E-state index in [1.54, 1.807) is 33.2 Å². The summed E-state index contributed by atoms with van der Waals surface area (Å²) in [5, 5.41) is 5.64. The lowest BCUT2D eigenvalue weighted by Crippen LogP contribution is -2.19. The Morgan fingerprint density at radius 3 is 2.83 bits per heavy atom. The number of benzene rings is 1. The Bertz CT molecular complexity index is 1120. The molecule has 3 heterocycles. The Kier molecular flexibility index (Phi) is 3.57. The van der Waals surface area contributed by atoms with E-state index in [9.17, 15) is 4.79 Å². The van der Waals surface area contributed by atoms with Gasteiger partial charge in [0, 0.05) is 12.4 Å². The zero-order valence-electron chi connectivity index (χ0n) is 13.3. The zero-order valence-corrected chi connectivity index (χ0v) is 14.1. The molecule has 7 heteroatoms. The molecule has 0 aliphatic carbocycles. The molecule has 0 aliphatic heterocycles. The molecule has 0 saturated carbocycles. The molecule has 24 heavy (non-hydrogen) atoms. The van der Waals surface area contributed by atoms with Crippen LogP contribution in [0.3, 0.4) is 0 Å². The Morgan fingerprint density at radius 1 is 1.21 bits per heavy atom. The molecule has 0 N–H and O–H groups in total. The van der Waals surface area contributed by atoms with Gasteiger partial charge < -0.3 is 0 Å². The Labute approximate surface area is 142 Å². The number of hydrogen-bond donors (Lipinski definition) is 0. The number of para-hydroxylation sites is 1. The highest BCUT2D eigenvalue weighted by Gasteiger charge is 2.12. The largest absolute Gasteiger partial charge is 0.283 e. The maximum atomic E-state index is 12.9. The number of rotatable bonds is 3. The molecule has 0 fully saturated rings. The predicted molar refractivity (Wildman–Crippen MR) is 95.0 cm³/mol. The van der Waals surface area contributed by atoms with Crippen LogP contribution in [0.2, 0.25) is 0 Å². The van der Waals surface area contributed by atoms with Crippen molar-refractivity contribution < 1.29 is 0 Å². The molecule has 0 aliphatic rings. The van der Waals surface area contributed by atoms with Gasteiger partial charge >= 0.3 is 0 Å². The lowest BCUT2D eigenvalue weighted by Gasteiger charge is -2.10. The van der Waals surface area contributed by atoms with Gasteiger partial charge in [0.25, 0.3) is 11.3 Å². The molecule has 0 unspecified atom stereocenters. The maximum absolute atomic E-state index is 12.9. The van der Waals surface area contributed by atoms with Crippen molar-refractivity contribution >= 4 is 28.4 Å². The summed E-state index contributed by atoms with van der Waals surface area (Å²) in [6.45, 7) is 4.03. The summed E-state index contributed by atoms with van der Waals surface area (Å²) < 4.78 is 3.28. The van der Waals surface area contributed by atoms with Crippen LogP contribution < -0.4 is 5.56 Å². The third-order valence-electron chi connectivity index (χ3n) is 3.86. The number of pyridine rings is 1. The molecule has 1 aromatic carbocycles. The molecule has 0 radical (unpaired) electrons. The van der Waals surface area contributed by atoms with E-state index in [1.807, 2.05) is 44.2 Å². The van der Waals surface area contributed by atoms with Crippen LogP contribution in [0, 0.1) is 6.92 Å². The van der Waals surface area contributed by atoms with E-state index in [-0.39, 0.29) is 5.56 Å². The van der Waals surface area contributed by atoms with Crippen molar-refractivity contribution in [2.45, 2.75) is 19.0 Å². The van der Waals surface area contributed by atoms with E-state index < -0.39 is 0 Å². The summed E-state index contributed by atoms with van der Waals surface area (Å²) in [5.74, 6) is 1.39. The number of hydrogen-bond acceptors (Lipinski definition) is 5. The second-order valence-electron chi connectivity index (χ2n) is 5.37. The van der Waals surface area contributed by atoms with Crippen LogP contribution in [0.25, 0.3) is 22.4 Å². The minimum Gasteiger partial charge on any atom is -0.283 e. The molecule has 3 aromatic heterocycles. The van der Waals surface area contributed by atoms with E-state index in [4.69, 9.17) is 0 Å². The van der Waals surface area contributed by atoms with Gasteiger partial charge in [-0.25, -0.2) is 4.98 Å². The van der Waals surface area contributed by atoms with Crippen LogP contribution in [0.1, 0.15) is 12.5 Å². The highest BCUT2D eigenvalue weighted by Crippen LogP contribution is 2.18. The molecule has 4 aromatic rings. The standard InChI is InChI=1S/C17H15N5OS/c1-3-24-17-19-16-18-10-12-14(22(16)20-17)8-9-21(15(12)23)13-7-5-4-6-11(13)2/h4-10H,3H2,1-2H3. The van der Waals surface area contributed by atoms with E-state index in [1.165, 1.54) is 0 Å². The second-order valence-corrected chi connectivity index (χ2v) is 6.60. The third kappa shape index (κ3) is 2.28. The van der Waals surface area contributed by atoms with Crippen LogP contribution >= 0.6 is 11.8 Å². The highest BCUT2D eigenvalue weighted by atomic mass is 32.2. The van der Waals surface area contributed by atoms with Crippen molar-refractivity contribution in [3.63, 3.8) is 0 Å². The summed E-state index contributed by atoms with van der Waals surface area (Å²) in [7, 11) is 0. The molecule has 0 bridgehead atoms. The average molecular weight is 337 g/mol. The van der Waals surface area contributed by atoms with Crippen molar-refractivity contribution in [2.24, 2.45) is 0 Å². The van der Waals surface area contributed by atoms with Gasteiger partial charge in [-0.2, -0.15) is 9.50 Å². The lowest BCUT2D eigenvalue weighted by molar-refractivity contribution is 0.902. The summed E-state index contributed by atoms with van der Waals surface area (Å²) in [6.07, 6.45) is 3.36. The Hall–Kier alpha value is -2.67. The molecule has 120 valence electrons. The second kappa shape index (κ2) is 5.76. The quantitative estimate of drug-likeness (QED) is 0.538. The van der Waals surface area contributed by atoms with Crippen LogP contribution in [0.15, 0.2) is 52.7 Å². The predicted octanol–water partition coefficient (Wildman–Crippen LogP) is 2.85. The average Bonchev–Trinajstić information content (AvgIpc) is 2.99. The van der Waals surface area contributed by atoms with Crippen LogP contribution in [0.5, 0.6) is 0 Å². The Balaban J connectivity index is 1.99. The van der Waals surface area contributed by atoms with Crippen LogP contribution in [-0.2, 0) is 0 Å². The summed E-state index contributed by atoms with van der Waals surface area (Å²) in [5.41, 5.74) is 2.50. The highest BCUT2D eigenvalue weighted by molar-refractivity contribution is 7.99. The topological polar surface area (TPSA) is 65.1 Å². The first-order valence-electron chi connectivity index (χ1n) is 7.65. The first-order valence-corrected chi connectivity index (χ1v) is 8.63. The maximum Gasteiger partial charge on any atom is 0.266 e. The number of aryl methyl sites for hydroxylation is 1. The minimum atomic E-state index is -0.114. The Morgan fingerprint density at radius 2 is 2.04 bits per heavy atom. The molecule has 6 nitrogen and oxygen atoms in total. The molecule has 0 atom stereocenters. The van der Waals surface area contributed by atoms with Gasteiger partial charge in [-0.05, 0) is 30.4 Å². The fourth-order valence-corrected chi connectivity index (χ4v) is 3.26. The number of nitrogens with zero attached hydrogens (tertiary/aromatic N) is 5. The summed E-state index contributed by atoms with van der Waals surface area (Å²) in [6, 6.07) is 9.68. The molecule has 0 amide bonds. The van der Waals surface area contributed by atoms with Gasteiger partial charge in [-0.1, -0.05) is 36.9 Å². The van der Waals surface area contributed by atoms with Crippen molar-refractivity contribution in [1.29, 1.82) is 0 Å². The van der Waals surface area contributed by atoms with Gasteiger partial charge in [0.2, 0.25) is 5.16 Å². The van der Waals surface area contributed by atoms with Crippen LogP contribution in [-0.4, -0.2) is 29.9 Å². The SMILES string of the molecule is CCSc1nc2ncc3c(=O)n(-c4ccccc4C)ccc3n2n1. The third-order valence-corrected chi connectivity index (χ3v) is 4.58. The number of thioether (sulfide) groups is 1. The van der Waals surface area contributed by atoms with Crippen molar-refractivity contribution in [1.82, 2.24) is 24.1 Å². The molecular weight excluding hydrogens is 322 g/mol. The smallest absolute Gasteiger partial charge is 0.266 e. The number of fused-ring (bicyclic) bond motifs is 3. The molecule has 4 rings (SSSR count). The first kappa shape index (κ1) is 14.9. The van der Waals surface area contributed by atoms with Gasteiger partial charge in [0.05, 0.1) is 16.6 Å². The van der Waals surface area contributed by atoms with E-state index in [2.05, 4.69) is 15.1 Å². The summed E-state index contributed by atoms with van der Waals surface area (Å²) >= 11 is 1.55. The van der Waals surface area contributed by atoms with Crippen molar-refractivity contribution in [3.8, 4) is 5.69 Å². The van der Waals surface area contributed by atoms with Crippen molar-refractivity contribution in [3.05, 3.63) is 58.6 Å². The van der Waals surface area contributed by atoms with Gasteiger partial charge in [-0.3, -0.25) is 9.36 Å². The van der Waals surface area contributed by atoms with Gasteiger partial charge in [0.1, 0.15) is 0 Å². The first-order chi connectivity index (χ1) is 11.7. The lowest BCUT2D eigenvalue weighted by atomic mass is 10.2. The number of aromatic nitrogens is 5. The fourth-order valence-electron chi connectivity index (χ4n) is 2.71. The van der Waals surface area contributed by atoms with Gasteiger partial charge in [-0.15, -0.1) is 5.10 Å². The normalized spacial score (nSPS) is 11.4. The zero-order chi connectivity index (χ0) is 16.7. The minimum absolute atomic E-state index is 0.114. The van der Waals surface area contributed by atoms with Gasteiger partial charge in [0.15, 0.2) is 0 Å². The van der Waals surface area contributed by atoms with E-state index in [0.717, 1.165) is 17.0 Å². The van der Waals surface area contributed by atoms with E-state index >= 15 is 0 Å².